The fraction of sp³-hybridized carbons (Fsp3) is 0.600. The molecule has 3 aliphatic heterocycles. The second-order valence-electron chi connectivity index (χ2n) is 12.0. The van der Waals surface area contributed by atoms with Gasteiger partial charge in [-0.3, -0.25) is 14.1 Å². The van der Waals surface area contributed by atoms with E-state index in [2.05, 4.69) is 14.9 Å². The zero-order valence-electron chi connectivity index (χ0n) is 24.6. The van der Waals surface area contributed by atoms with Crippen molar-refractivity contribution in [1.29, 1.82) is 0 Å². The van der Waals surface area contributed by atoms with Gasteiger partial charge in [0.1, 0.15) is 11.6 Å². The van der Waals surface area contributed by atoms with E-state index in [1.165, 1.54) is 6.07 Å². The number of aromatic nitrogens is 2. The van der Waals surface area contributed by atoms with Crippen molar-refractivity contribution < 1.29 is 31.7 Å². The summed E-state index contributed by atoms with van der Waals surface area (Å²) in [6, 6.07) is 4.57. The Morgan fingerprint density at radius 3 is 2.50 bits per heavy atom. The van der Waals surface area contributed by atoms with E-state index in [4.69, 9.17) is 20.9 Å². The minimum Gasteiger partial charge on any atom is -0.493 e. The highest BCUT2D eigenvalue weighted by molar-refractivity contribution is 7.85. The monoisotopic (exact) mass is 651 g/mol. The molecule has 0 unspecified atom stereocenters. The quantitative estimate of drug-likeness (QED) is 0.255. The van der Waals surface area contributed by atoms with Gasteiger partial charge in [0, 0.05) is 51.1 Å². The summed E-state index contributed by atoms with van der Waals surface area (Å²) in [6.07, 6.45) is 7.95. The van der Waals surface area contributed by atoms with Gasteiger partial charge in [0.25, 0.3) is 10.1 Å². The maximum atomic E-state index is 14.9. The molecular formula is C30H39ClFN5O6S. The summed E-state index contributed by atoms with van der Waals surface area (Å²) in [5.74, 6) is 0.855. The Bertz CT molecular complexity index is 1420. The molecule has 0 bridgehead atoms. The Morgan fingerprint density at radius 2 is 1.80 bits per heavy atom. The van der Waals surface area contributed by atoms with Crippen LogP contribution >= 0.6 is 11.6 Å². The van der Waals surface area contributed by atoms with E-state index in [1.807, 2.05) is 0 Å². The number of amides is 2. The lowest BCUT2D eigenvalue weighted by atomic mass is 9.91. The minimum atomic E-state index is -4.03. The number of hydrogen-bond donors (Lipinski definition) is 1. The van der Waals surface area contributed by atoms with Crippen LogP contribution in [-0.4, -0.2) is 95.7 Å². The van der Waals surface area contributed by atoms with E-state index >= 15 is 0 Å². The van der Waals surface area contributed by atoms with E-state index in [0.717, 1.165) is 38.8 Å². The van der Waals surface area contributed by atoms with Crippen LogP contribution in [0.1, 0.15) is 50.5 Å². The molecular weight excluding hydrogens is 613 g/mol. The molecule has 3 fully saturated rings. The molecule has 44 heavy (non-hydrogen) atoms. The van der Waals surface area contributed by atoms with Crippen LogP contribution in [0.3, 0.4) is 0 Å². The van der Waals surface area contributed by atoms with Gasteiger partial charge < -0.3 is 19.4 Å². The molecule has 0 saturated carbocycles. The maximum Gasteiger partial charge on any atom is 0.264 e. The van der Waals surface area contributed by atoms with Crippen LogP contribution in [0.5, 0.6) is 5.75 Å². The average molecular weight is 652 g/mol. The summed E-state index contributed by atoms with van der Waals surface area (Å²) in [7, 11) is -4.03. The third-order valence-corrected chi connectivity index (χ3v) is 9.85. The van der Waals surface area contributed by atoms with Crippen LogP contribution in [0.25, 0.3) is 0 Å². The Hall–Kier alpha value is -3.03. The van der Waals surface area contributed by atoms with Crippen molar-refractivity contribution >= 4 is 39.5 Å². The molecule has 0 radical (unpaired) electrons. The van der Waals surface area contributed by atoms with Crippen LogP contribution in [0.15, 0.2) is 30.6 Å². The molecule has 2 amide bonds. The van der Waals surface area contributed by atoms with Crippen molar-refractivity contribution in [3.63, 3.8) is 0 Å². The first-order valence-electron chi connectivity index (χ1n) is 15.2. The predicted molar refractivity (Wildman–Crippen MR) is 163 cm³/mol. The first-order valence-corrected chi connectivity index (χ1v) is 17.2. The molecule has 3 aliphatic rings. The molecule has 4 heterocycles. The number of rotatable bonds is 13. The van der Waals surface area contributed by atoms with Crippen molar-refractivity contribution in [3.8, 4) is 5.75 Å². The second-order valence-corrected chi connectivity index (χ2v) is 14.0. The van der Waals surface area contributed by atoms with E-state index in [1.54, 1.807) is 34.3 Å². The molecule has 3 saturated heterocycles. The highest BCUT2D eigenvalue weighted by Gasteiger charge is 2.48. The van der Waals surface area contributed by atoms with Gasteiger partial charge in [0.05, 0.1) is 42.2 Å². The van der Waals surface area contributed by atoms with Gasteiger partial charge in [-0.2, -0.15) is 8.42 Å². The standard InChI is InChI=1S/C30H39ClFN5O6S/c31-24-16-33-30(34-17-24)35-10-8-21(9-11-35)4-3-12-43-25-7-6-22(26(32)15-25)14-29(39)37-19-23-18-36(20-27(23)37)28(38)5-1-2-13-44(40,41)42/h6-7,15-17,21,23,27H,1-5,8-14,18-20H2,(H,40,41,42)/t23-,27-/m0/s1. The van der Waals surface area contributed by atoms with Gasteiger partial charge in [-0.25, -0.2) is 14.4 Å². The molecule has 1 aromatic carbocycles. The van der Waals surface area contributed by atoms with E-state index in [9.17, 15) is 22.4 Å². The van der Waals surface area contributed by atoms with Crippen molar-refractivity contribution in [2.45, 2.75) is 57.4 Å². The Labute approximate surface area is 262 Å². The molecule has 5 rings (SSSR count). The lowest BCUT2D eigenvalue weighted by molar-refractivity contribution is -0.140. The van der Waals surface area contributed by atoms with Crippen LogP contribution in [0, 0.1) is 17.7 Å². The first kappa shape index (κ1) is 32.4. The Morgan fingerprint density at radius 1 is 1.05 bits per heavy atom. The van der Waals surface area contributed by atoms with Crippen LogP contribution in [0.2, 0.25) is 5.02 Å². The van der Waals surface area contributed by atoms with Gasteiger partial charge in [0.2, 0.25) is 17.8 Å². The van der Waals surface area contributed by atoms with Gasteiger partial charge in [-0.05, 0) is 56.1 Å². The van der Waals surface area contributed by atoms with Crippen LogP contribution in [-0.2, 0) is 26.1 Å². The summed E-state index contributed by atoms with van der Waals surface area (Å²) >= 11 is 5.88. The Kier molecular flexibility index (Phi) is 10.6. The maximum absolute atomic E-state index is 14.9. The number of halogens is 2. The lowest BCUT2D eigenvalue weighted by Gasteiger charge is -2.43. The molecule has 0 aliphatic carbocycles. The van der Waals surface area contributed by atoms with Crippen LogP contribution in [0.4, 0.5) is 10.3 Å². The van der Waals surface area contributed by atoms with Gasteiger partial charge >= 0.3 is 0 Å². The number of likely N-dealkylation sites (tertiary alicyclic amines) is 2. The molecule has 1 aromatic heterocycles. The smallest absolute Gasteiger partial charge is 0.264 e. The van der Waals surface area contributed by atoms with Gasteiger partial charge in [0.15, 0.2) is 0 Å². The summed E-state index contributed by atoms with van der Waals surface area (Å²) < 4.78 is 51.2. The van der Waals surface area contributed by atoms with Crippen molar-refractivity contribution in [2.24, 2.45) is 11.8 Å². The number of unbranched alkanes of at least 4 members (excludes halogenated alkanes) is 1. The molecule has 1 N–H and O–H groups in total. The molecule has 240 valence electrons. The number of benzene rings is 1. The third-order valence-electron chi connectivity index (χ3n) is 8.85. The molecule has 2 aromatic rings. The number of hydrogen-bond acceptors (Lipinski definition) is 8. The highest BCUT2D eigenvalue weighted by atomic mass is 35.5. The second kappa shape index (κ2) is 14.4. The Balaban J connectivity index is 0.987. The largest absolute Gasteiger partial charge is 0.493 e. The lowest BCUT2D eigenvalue weighted by Crippen LogP contribution is -2.58. The summed E-state index contributed by atoms with van der Waals surface area (Å²) in [4.78, 5) is 39.7. The number of ether oxygens (including phenoxy) is 1. The van der Waals surface area contributed by atoms with Gasteiger partial charge in [-0.1, -0.05) is 17.7 Å². The van der Waals surface area contributed by atoms with Crippen LogP contribution < -0.4 is 9.64 Å². The third kappa shape index (κ3) is 8.57. The summed E-state index contributed by atoms with van der Waals surface area (Å²) in [5.41, 5.74) is 0.312. The van der Waals surface area contributed by atoms with E-state index in [0.29, 0.717) is 60.9 Å². The highest BCUT2D eigenvalue weighted by Crippen LogP contribution is 2.34. The molecule has 2 atom stereocenters. The SMILES string of the molecule is O=C(CCCCS(=O)(=O)O)N1C[C@H]2CN(C(=O)Cc3ccc(OCCCC4CCN(c5ncc(Cl)cn5)CC4)cc3F)[C@H]2C1. The van der Waals surface area contributed by atoms with E-state index < -0.39 is 15.9 Å². The summed E-state index contributed by atoms with van der Waals surface area (Å²) in [6.45, 7) is 3.81. The zero-order chi connectivity index (χ0) is 31.3. The average Bonchev–Trinajstić information content (AvgIpc) is 3.31. The normalized spacial score (nSPS) is 20.4. The zero-order valence-corrected chi connectivity index (χ0v) is 26.2. The number of piperidine rings is 1. The molecule has 11 nitrogen and oxygen atoms in total. The molecule has 14 heteroatoms. The van der Waals surface area contributed by atoms with Crippen molar-refractivity contribution in [2.75, 3.05) is 50.0 Å². The first-order chi connectivity index (χ1) is 21.1. The number of carbonyl (C=O) groups is 2. The van der Waals surface area contributed by atoms with E-state index in [-0.39, 0.29) is 48.8 Å². The minimum absolute atomic E-state index is 0.0569. The van der Waals surface area contributed by atoms with Crippen molar-refractivity contribution in [3.05, 3.63) is 47.0 Å². The number of nitrogens with zero attached hydrogens (tertiary/aromatic N) is 5. The fourth-order valence-electron chi connectivity index (χ4n) is 6.32. The number of anilines is 1. The van der Waals surface area contributed by atoms with Gasteiger partial charge in [-0.15, -0.1) is 0 Å². The molecule has 0 spiro atoms. The fourth-order valence-corrected chi connectivity index (χ4v) is 6.99. The number of carbonyl (C=O) groups excluding carboxylic acids is 2. The topological polar surface area (TPSA) is 133 Å². The van der Waals surface area contributed by atoms with Crippen molar-refractivity contribution in [1.82, 2.24) is 19.8 Å². The number of fused-ring (bicyclic) bond motifs is 1. The summed E-state index contributed by atoms with van der Waals surface area (Å²) in [5, 5.41) is 0.525. The predicted octanol–water partition coefficient (Wildman–Crippen LogP) is 3.61.